The number of aromatic nitrogens is 4. The van der Waals surface area contributed by atoms with Crippen molar-refractivity contribution in [3.05, 3.63) is 78.5 Å². The largest absolute Gasteiger partial charge is 0.464 e. The molecule has 0 aliphatic rings. The number of hydrogen-bond acceptors (Lipinski definition) is 3. The Balaban J connectivity index is 2.01. The molecule has 4 rings (SSSR count). The highest BCUT2D eigenvalue weighted by molar-refractivity contribution is 5.96. The molecule has 0 unspecified atom stereocenters. The van der Waals surface area contributed by atoms with E-state index in [4.69, 9.17) is 5.10 Å². The summed E-state index contributed by atoms with van der Waals surface area (Å²) in [4.78, 5) is 13.5. The molecule has 28 heavy (non-hydrogen) atoms. The second kappa shape index (κ2) is 7.03. The number of benzene rings is 2. The minimum atomic E-state index is -1.08. The standard InChI is InChI=1S/C21H19N5O2/c1-15-19(18-13-14-22-24(18)2)23-26(17-11-7-4-8-12-17)20(15)25(21(27)28)16-9-5-3-6-10-16/h3-14H,1-2H3,(H,27,28). The maximum Gasteiger partial charge on any atom is 0.417 e. The van der Waals surface area contributed by atoms with Gasteiger partial charge in [0, 0.05) is 18.8 Å². The lowest BCUT2D eigenvalue weighted by molar-refractivity contribution is 0.204. The zero-order valence-electron chi connectivity index (χ0n) is 15.5. The van der Waals surface area contributed by atoms with Crippen LogP contribution in [0.3, 0.4) is 0 Å². The SMILES string of the molecule is Cc1c(-c2ccnn2C)nn(-c2ccccc2)c1N(C(=O)O)c1ccccc1. The Bertz CT molecular complexity index is 1120. The van der Waals surface area contributed by atoms with E-state index in [2.05, 4.69) is 5.10 Å². The van der Waals surface area contributed by atoms with Gasteiger partial charge in [0.15, 0.2) is 0 Å². The third-order valence-electron chi connectivity index (χ3n) is 4.57. The summed E-state index contributed by atoms with van der Waals surface area (Å²) in [5.41, 5.74) is 3.56. The highest BCUT2D eigenvalue weighted by Gasteiger charge is 2.28. The topological polar surface area (TPSA) is 76.2 Å². The quantitative estimate of drug-likeness (QED) is 0.575. The first-order chi connectivity index (χ1) is 13.6. The van der Waals surface area contributed by atoms with Crippen molar-refractivity contribution in [3.63, 3.8) is 0 Å². The van der Waals surface area contributed by atoms with Crippen LogP contribution in [0.2, 0.25) is 0 Å². The number of nitrogens with zero attached hydrogens (tertiary/aromatic N) is 5. The van der Waals surface area contributed by atoms with E-state index in [-0.39, 0.29) is 0 Å². The number of aryl methyl sites for hydroxylation is 1. The lowest BCUT2D eigenvalue weighted by atomic mass is 10.2. The first-order valence-corrected chi connectivity index (χ1v) is 8.79. The summed E-state index contributed by atoms with van der Waals surface area (Å²) >= 11 is 0. The smallest absolute Gasteiger partial charge is 0.417 e. The number of hydrogen-bond donors (Lipinski definition) is 1. The summed E-state index contributed by atoms with van der Waals surface area (Å²) in [6, 6.07) is 20.4. The number of amides is 1. The fraction of sp³-hybridized carbons (Fsp3) is 0.0952. The summed E-state index contributed by atoms with van der Waals surface area (Å²) in [5.74, 6) is 0.473. The number of carboxylic acid groups (broad SMARTS) is 1. The van der Waals surface area contributed by atoms with Gasteiger partial charge < -0.3 is 5.11 Å². The van der Waals surface area contributed by atoms with Gasteiger partial charge in [0.05, 0.1) is 17.1 Å². The fourth-order valence-electron chi connectivity index (χ4n) is 3.25. The Morgan fingerprint density at radius 3 is 2.21 bits per heavy atom. The molecule has 0 aliphatic heterocycles. The molecule has 0 bridgehead atoms. The molecule has 1 N–H and O–H groups in total. The van der Waals surface area contributed by atoms with Gasteiger partial charge in [-0.05, 0) is 37.3 Å². The minimum absolute atomic E-state index is 0.473. The maximum atomic E-state index is 12.3. The van der Waals surface area contributed by atoms with E-state index in [9.17, 15) is 9.90 Å². The van der Waals surface area contributed by atoms with E-state index >= 15 is 0 Å². The van der Waals surface area contributed by atoms with Crippen LogP contribution in [-0.4, -0.2) is 30.8 Å². The van der Waals surface area contributed by atoms with Crippen molar-refractivity contribution in [1.29, 1.82) is 0 Å². The first-order valence-electron chi connectivity index (χ1n) is 8.79. The van der Waals surface area contributed by atoms with Crippen LogP contribution in [0.25, 0.3) is 17.1 Å². The monoisotopic (exact) mass is 373 g/mol. The highest BCUT2D eigenvalue weighted by atomic mass is 16.4. The van der Waals surface area contributed by atoms with Crippen LogP contribution in [0.15, 0.2) is 72.9 Å². The van der Waals surface area contributed by atoms with Crippen molar-refractivity contribution in [2.75, 3.05) is 4.90 Å². The van der Waals surface area contributed by atoms with Crippen molar-refractivity contribution in [2.45, 2.75) is 6.92 Å². The van der Waals surface area contributed by atoms with Crippen molar-refractivity contribution in [1.82, 2.24) is 19.6 Å². The second-order valence-electron chi connectivity index (χ2n) is 6.34. The van der Waals surface area contributed by atoms with Crippen molar-refractivity contribution in [3.8, 4) is 17.1 Å². The molecular formula is C21H19N5O2. The average Bonchev–Trinajstić information content (AvgIpc) is 3.27. The molecule has 0 fully saturated rings. The number of para-hydroxylation sites is 2. The second-order valence-corrected chi connectivity index (χ2v) is 6.34. The lowest BCUT2D eigenvalue weighted by Gasteiger charge is -2.21. The number of carbonyl (C=O) groups is 1. The summed E-state index contributed by atoms with van der Waals surface area (Å²) in [5, 5.41) is 19.0. The van der Waals surface area contributed by atoms with Crippen LogP contribution < -0.4 is 4.90 Å². The third-order valence-corrected chi connectivity index (χ3v) is 4.57. The highest BCUT2D eigenvalue weighted by Crippen LogP contribution is 2.36. The van der Waals surface area contributed by atoms with E-state index in [1.54, 1.807) is 27.7 Å². The van der Waals surface area contributed by atoms with Crippen LogP contribution in [0.1, 0.15) is 5.56 Å². The summed E-state index contributed by atoms with van der Waals surface area (Å²) in [6.07, 6.45) is 0.616. The van der Waals surface area contributed by atoms with Gasteiger partial charge in [0.1, 0.15) is 11.5 Å². The van der Waals surface area contributed by atoms with E-state index in [0.29, 0.717) is 17.2 Å². The Hall–Kier alpha value is -3.87. The van der Waals surface area contributed by atoms with Gasteiger partial charge in [-0.15, -0.1) is 0 Å². The molecule has 140 valence electrons. The lowest BCUT2D eigenvalue weighted by Crippen LogP contribution is -2.26. The molecule has 0 aliphatic carbocycles. The van der Waals surface area contributed by atoms with Gasteiger partial charge in [-0.3, -0.25) is 4.68 Å². The zero-order chi connectivity index (χ0) is 19.7. The molecule has 0 saturated heterocycles. The van der Waals surface area contributed by atoms with E-state index in [1.807, 2.05) is 68.6 Å². The van der Waals surface area contributed by atoms with E-state index in [0.717, 1.165) is 16.9 Å². The van der Waals surface area contributed by atoms with Gasteiger partial charge in [-0.2, -0.15) is 10.2 Å². The normalized spacial score (nSPS) is 10.8. The number of rotatable bonds is 4. The molecule has 2 aromatic heterocycles. The summed E-state index contributed by atoms with van der Waals surface area (Å²) < 4.78 is 3.39. The predicted molar refractivity (Wildman–Crippen MR) is 107 cm³/mol. The first kappa shape index (κ1) is 17.5. The van der Waals surface area contributed by atoms with E-state index in [1.165, 1.54) is 4.90 Å². The van der Waals surface area contributed by atoms with E-state index < -0.39 is 6.09 Å². The molecule has 7 nitrogen and oxygen atoms in total. The molecule has 7 heteroatoms. The Morgan fingerprint density at radius 2 is 1.64 bits per heavy atom. The molecule has 0 saturated carbocycles. The minimum Gasteiger partial charge on any atom is -0.464 e. The Labute approximate surface area is 162 Å². The molecule has 0 spiro atoms. The Kier molecular flexibility index (Phi) is 4.41. The van der Waals surface area contributed by atoms with Crippen molar-refractivity contribution < 1.29 is 9.90 Å². The van der Waals surface area contributed by atoms with Crippen molar-refractivity contribution in [2.24, 2.45) is 7.05 Å². The number of anilines is 2. The molecule has 2 heterocycles. The van der Waals surface area contributed by atoms with Gasteiger partial charge in [-0.1, -0.05) is 36.4 Å². The molecule has 0 atom stereocenters. The van der Waals surface area contributed by atoms with Crippen molar-refractivity contribution >= 4 is 17.6 Å². The molecule has 1 amide bonds. The van der Waals surface area contributed by atoms with Crippen LogP contribution in [0, 0.1) is 6.92 Å². The molecular weight excluding hydrogens is 354 g/mol. The van der Waals surface area contributed by atoms with Crippen LogP contribution in [0.5, 0.6) is 0 Å². The van der Waals surface area contributed by atoms with Crippen LogP contribution >= 0.6 is 0 Å². The third kappa shape index (κ3) is 2.92. The van der Waals surface area contributed by atoms with Gasteiger partial charge >= 0.3 is 6.09 Å². The molecule has 0 radical (unpaired) electrons. The molecule has 2 aromatic carbocycles. The zero-order valence-corrected chi connectivity index (χ0v) is 15.5. The van der Waals surface area contributed by atoms with Gasteiger partial charge in [-0.25, -0.2) is 14.4 Å². The Morgan fingerprint density at radius 1 is 1.00 bits per heavy atom. The van der Waals surface area contributed by atoms with Crippen LogP contribution in [0.4, 0.5) is 16.3 Å². The van der Waals surface area contributed by atoms with Crippen LogP contribution in [-0.2, 0) is 7.05 Å². The predicted octanol–water partition coefficient (Wildman–Crippen LogP) is 4.40. The fourth-order valence-corrected chi connectivity index (χ4v) is 3.25. The molecule has 4 aromatic rings. The summed E-state index contributed by atoms with van der Waals surface area (Å²) in [6.45, 7) is 1.88. The maximum absolute atomic E-state index is 12.3. The summed E-state index contributed by atoms with van der Waals surface area (Å²) in [7, 11) is 1.84. The average molecular weight is 373 g/mol. The van der Waals surface area contributed by atoms with Gasteiger partial charge in [0.2, 0.25) is 0 Å². The van der Waals surface area contributed by atoms with Gasteiger partial charge in [0.25, 0.3) is 0 Å².